The minimum atomic E-state index is -0.787. The highest BCUT2D eigenvalue weighted by Crippen LogP contribution is 2.33. The quantitative estimate of drug-likeness (QED) is 0.552. The Morgan fingerprint density at radius 1 is 1.10 bits per heavy atom. The Hall–Kier alpha value is -2.18. The highest BCUT2D eigenvalue weighted by atomic mass is 35.5. The minimum Gasteiger partial charge on any atom is -0.506 e. The zero-order chi connectivity index (χ0) is 15.0. The number of nitrogens with one attached hydrogen (secondary N) is 1. The topological polar surface area (TPSA) is 70.9 Å². The van der Waals surface area contributed by atoms with E-state index in [1.165, 1.54) is 18.5 Å². The van der Waals surface area contributed by atoms with Gasteiger partial charge in [-0.05, 0) is 24.3 Å². The van der Waals surface area contributed by atoms with Gasteiger partial charge in [0.2, 0.25) is 0 Å². The van der Waals surface area contributed by atoms with Crippen LogP contribution in [0.25, 0.3) is 11.0 Å². The number of hydrogen-bond donors (Lipinski definition) is 2. The zero-order valence-electron chi connectivity index (χ0n) is 10.3. The van der Waals surface area contributed by atoms with E-state index in [0.717, 1.165) is 0 Å². The molecule has 0 bridgehead atoms. The van der Waals surface area contributed by atoms with Gasteiger partial charge < -0.3 is 10.4 Å². The summed E-state index contributed by atoms with van der Waals surface area (Å²) in [6.07, 6.45) is 1.32. The molecule has 3 aromatic rings. The number of aromatic hydroxyl groups is 1. The molecule has 0 radical (unpaired) electrons. The Kier molecular flexibility index (Phi) is 3.48. The van der Waals surface area contributed by atoms with Crippen molar-refractivity contribution >= 4 is 45.7 Å². The molecule has 0 atom stereocenters. The summed E-state index contributed by atoms with van der Waals surface area (Å²) in [6, 6.07) is 5.89. The van der Waals surface area contributed by atoms with Crippen molar-refractivity contribution in [2.24, 2.45) is 0 Å². The second-order valence-corrected chi connectivity index (χ2v) is 4.87. The molecule has 0 aliphatic carbocycles. The highest BCUT2D eigenvalue weighted by Gasteiger charge is 2.13. The van der Waals surface area contributed by atoms with Crippen LogP contribution in [0.4, 0.5) is 15.9 Å². The van der Waals surface area contributed by atoms with Gasteiger partial charge in [0, 0.05) is 0 Å². The molecule has 0 spiro atoms. The molecular formula is C13H7Cl2FN4O. The summed E-state index contributed by atoms with van der Waals surface area (Å²) in [6.45, 7) is 0. The van der Waals surface area contributed by atoms with E-state index in [-0.39, 0.29) is 27.4 Å². The van der Waals surface area contributed by atoms with E-state index in [2.05, 4.69) is 20.3 Å². The zero-order valence-corrected chi connectivity index (χ0v) is 11.8. The summed E-state index contributed by atoms with van der Waals surface area (Å²) in [7, 11) is 0. The first-order valence-corrected chi connectivity index (χ1v) is 6.53. The van der Waals surface area contributed by atoms with Crippen LogP contribution in [0.1, 0.15) is 0 Å². The number of nitrogens with zero attached hydrogens (tertiary/aromatic N) is 3. The van der Waals surface area contributed by atoms with Crippen LogP contribution in [0.2, 0.25) is 10.2 Å². The third kappa shape index (κ3) is 2.55. The molecule has 0 unspecified atom stereocenters. The van der Waals surface area contributed by atoms with E-state index in [1.807, 2.05) is 0 Å². The Bertz CT molecular complexity index is 844. The Labute approximate surface area is 128 Å². The average molecular weight is 325 g/mol. The molecular weight excluding hydrogens is 318 g/mol. The maximum absolute atomic E-state index is 14.0. The fourth-order valence-corrected chi connectivity index (χ4v) is 2.08. The van der Waals surface area contributed by atoms with Gasteiger partial charge in [0.25, 0.3) is 0 Å². The summed E-state index contributed by atoms with van der Waals surface area (Å²) in [5, 5.41) is 12.0. The predicted molar refractivity (Wildman–Crippen MR) is 78.7 cm³/mol. The molecule has 5 nitrogen and oxygen atoms in total. The molecule has 2 N–H and O–H groups in total. The van der Waals surface area contributed by atoms with Crippen molar-refractivity contribution in [3.63, 3.8) is 0 Å². The highest BCUT2D eigenvalue weighted by molar-refractivity contribution is 6.32. The second kappa shape index (κ2) is 5.31. The summed E-state index contributed by atoms with van der Waals surface area (Å²) >= 11 is 11.5. The van der Waals surface area contributed by atoms with Crippen molar-refractivity contribution in [3.8, 4) is 5.75 Å². The normalized spacial score (nSPS) is 10.8. The number of halogens is 3. The maximum atomic E-state index is 14.0. The lowest BCUT2D eigenvalue weighted by Gasteiger charge is -2.10. The largest absolute Gasteiger partial charge is 0.506 e. The Morgan fingerprint density at radius 3 is 2.71 bits per heavy atom. The van der Waals surface area contributed by atoms with Gasteiger partial charge in [-0.15, -0.1) is 0 Å². The van der Waals surface area contributed by atoms with Gasteiger partial charge in [-0.1, -0.05) is 23.2 Å². The van der Waals surface area contributed by atoms with Crippen molar-refractivity contribution in [3.05, 3.63) is 46.6 Å². The lowest BCUT2D eigenvalue weighted by atomic mass is 10.2. The number of hydrogen-bond acceptors (Lipinski definition) is 5. The lowest BCUT2D eigenvalue weighted by Crippen LogP contribution is -2.00. The fourth-order valence-electron chi connectivity index (χ4n) is 1.77. The molecule has 2 aromatic heterocycles. The smallest absolute Gasteiger partial charge is 0.169 e. The Balaban J connectivity index is 2.10. The van der Waals surface area contributed by atoms with Crippen molar-refractivity contribution in [1.82, 2.24) is 15.0 Å². The summed E-state index contributed by atoms with van der Waals surface area (Å²) in [4.78, 5) is 12.2. The first kappa shape index (κ1) is 13.8. The first-order valence-electron chi connectivity index (χ1n) is 5.77. The summed E-state index contributed by atoms with van der Waals surface area (Å²) in [5.41, 5.74) is 1.01. The van der Waals surface area contributed by atoms with Crippen molar-refractivity contribution in [2.45, 2.75) is 0 Å². The van der Waals surface area contributed by atoms with E-state index in [9.17, 15) is 9.50 Å². The molecule has 0 aliphatic heterocycles. The van der Waals surface area contributed by atoms with Crippen LogP contribution in [0.5, 0.6) is 5.75 Å². The fraction of sp³-hybridized carbons (Fsp3) is 0. The molecule has 3 rings (SSSR count). The Morgan fingerprint density at radius 2 is 1.90 bits per heavy atom. The van der Waals surface area contributed by atoms with Gasteiger partial charge in [0.05, 0.1) is 11.2 Å². The van der Waals surface area contributed by atoms with Crippen LogP contribution in [-0.2, 0) is 0 Å². The molecule has 8 heteroatoms. The number of anilines is 2. The average Bonchev–Trinajstić information content (AvgIpc) is 2.48. The van der Waals surface area contributed by atoms with Gasteiger partial charge in [-0.2, -0.15) is 0 Å². The van der Waals surface area contributed by atoms with Crippen LogP contribution in [0.15, 0.2) is 30.6 Å². The maximum Gasteiger partial charge on any atom is 0.169 e. The summed E-state index contributed by atoms with van der Waals surface area (Å²) in [5.74, 6) is -0.845. The number of fused-ring (bicyclic) bond motifs is 1. The van der Waals surface area contributed by atoms with Crippen LogP contribution in [-0.4, -0.2) is 20.1 Å². The van der Waals surface area contributed by atoms with E-state index in [0.29, 0.717) is 11.0 Å². The lowest BCUT2D eigenvalue weighted by molar-refractivity contribution is 0.470. The summed E-state index contributed by atoms with van der Waals surface area (Å²) < 4.78 is 14.0. The molecule has 0 fully saturated rings. The van der Waals surface area contributed by atoms with E-state index < -0.39 is 5.82 Å². The van der Waals surface area contributed by atoms with Gasteiger partial charge in [-0.3, -0.25) is 0 Å². The molecule has 0 saturated heterocycles. The molecule has 21 heavy (non-hydrogen) atoms. The molecule has 0 aliphatic rings. The number of phenols is 1. The second-order valence-electron chi connectivity index (χ2n) is 4.11. The number of aromatic nitrogens is 3. The molecule has 2 heterocycles. The van der Waals surface area contributed by atoms with Gasteiger partial charge in [0.1, 0.15) is 27.8 Å². The standard InChI is InChI=1S/C13H7Cl2FN4O/c14-9-4-2-7-12(20-9)13(18-5-17-7)19-6-1-3-8(21)10(15)11(6)16/h1-5,21H,(H,17,18,19). The van der Waals surface area contributed by atoms with E-state index in [4.69, 9.17) is 23.2 Å². The van der Waals surface area contributed by atoms with E-state index in [1.54, 1.807) is 12.1 Å². The van der Waals surface area contributed by atoms with Crippen molar-refractivity contribution < 1.29 is 9.50 Å². The number of benzene rings is 1. The molecule has 0 amide bonds. The van der Waals surface area contributed by atoms with Crippen molar-refractivity contribution in [1.29, 1.82) is 0 Å². The van der Waals surface area contributed by atoms with Crippen LogP contribution < -0.4 is 5.32 Å². The third-order valence-corrected chi connectivity index (χ3v) is 3.33. The SMILES string of the molecule is Oc1ccc(Nc2ncnc3ccc(Cl)nc23)c(F)c1Cl. The molecule has 1 aromatic carbocycles. The number of phenolic OH excluding ortho intramolecular Hbond substituents is 1. The van der Waals surface area contributed by atoms with Crippen molar-refractivity contribution in [2.75, 3.05) is 5.32 Å². The van der Waals surface area contributed by atoms with Gasteiger partial charge >= 0.3 is 0 Å². The molecule has 106 valence electrons. The minimum absolute atomic E-state index is 0.0552. The predicted octanol–water partition coefficient (Wildman–Crippen LogP) is 3.92. The van der Waals surface area contributed by atoms with Gasteiger partial charge in [-0.25, -0.2) is 19.3 Å². The van der Waals surface area contributed by atoms with Gasteiger partial charge in [0.15, 0.2) is 11.6 Å². The monoisotopic (exact) mass is 324 g/mol. The van der Waals surface area contributed by atoms with Crippen LogP contribution in [0, 0.1) is 5.82 Å². The number of rotatable bonds is 2. The molecule has 0 saturated carbocycles. The van der Waals surface area contributed by atoms with Crippen LogP contribution in [0.3, 0.4) is 0 Å². The number of pyridine rings is 1. The third-order valence-electron chi connectivity index (χ3n) is 2.76. The van der Waals surface area contributed by atoms with Crippen LogP contribution >= 0.6 is 23.2 Å². The van der Waals surface area contributed by atoms with E-state index >= 15 is 0 Å². The first-order chi connectivity index (χ1) is 10.1.